The van der Waals surface area contributed by atoms with E-state index in [2.05, 4.69) is 23.6 Å². The lowest BCUT2D eigenvalue weighted by Gasteiger charge is -2.22. The smallest absolute Gasteiger partial charge is 0.241 e. The number of anilines is 1. The highest BCUT2D eigenvalue weighted by Gasteiger charge is 2.20. The van der Waals surface area contributed by atoms with Crippen LogP contribution in [0.1, 0.15) is 31.7 Å². The quantitative estimate of drug-likeness (QED) is 0.885. The summed E-state index contributed by atoms with van der Waals surface area (Å²) < 4.78 is 0. The van der Waals surface area contributed by atoms with Crippen LogP contribution in [0.4, 0.5) is 5.69 Å². The Labute approximate surface area is 115 Å². The lowest BCUT2D eigenvalue weighted by atomic mass is 10.0. The van der Waals surface area contributed by atoms with Crippen LogP contribution in [0.25, 0.3) is 0 Å². The molecule has 100 valence electrons. The average Bonchev–Trinajstić information content (AvgIpc) is 2.40. The Morgan fingerprint density at radius 2 is 2.28 bits per heavy atom. The van der Waals surface area contributed by atoms with Gasteiger partial charge < -0.3 is 10.6 Å². The second kappa shape index (κ2) is 7.39. The van der Waals surface area contributed by atoms with Gasteiger partial charge in [-0.05, 0) is 43.5 Å². The van der Waals surface area contributed by atoms with E-state index < -0.39 is 0 Å². The number of piperidine rings is 1. The molecule has 1 saturated heterocycles. The number of benzene rings is 1. The molecule has 1 heterocycles. The Kier molecular flexibility index (Phi) is 6.16. The van der Waals surface area contributed by atoms with E-state index in [1.807, 2.05) is 18.2 Å². The van der Waals surface area contributed by atoms with Gasteiger partial charge in [-0.1, -0.05) is 25.5 Å². The van der Waals surface area contributed by atoms with Gasteiger partial charge in [-0.3, -0.25) is 4.79 Å². The number of aryl methyl sites for hydroxylation is 1. The first-order chi connectivity index (χ1) is 8.29. The highest BCUT2D eigenvalue weighted by Crippen LogP contribution is 2.13. The van der Waals surface area contributed by atoms with Crippen LogP contribution in [0.3, 0.4) is 0 Å². The Morgan fingerprint density at radius 3 is 2.94 bits per heavy atom. The van der Waals surface area contributed by atoms with Gasteiger partial charge in [0.2, 0.25) is 5.91 Å². The van der Waals surface area contributed by atoms with Gasteiger partial charge in [0.1, 0.15) is 0 Å². The second-order valence-electron chi connectivity index (χ2n) is 4.55. The lowest BCUT2D eigenvalue weighted by molar-refractivity contribution is -0.118. The predicted molar refractivity (Wildman–Crippen MR) is 77.3 cm³/mol. The molecule has 1 unspecified atom stereocenters. The summed E-state index contributed by atoms with van der Waals surface area (Å²) in [6.45, 7) is 3.07. The predicted octanol–water partition coefficient (Wildman–Crippen LogP) is 2.75. The summed E-state index contributed by atoms with van der Waals surface area (Å²) in [4.78, 5) is 12.0. The van der Waals surface area contributed by atoms with Crippen LogP contribution in [-0.4, -0.2) is 18.5 Å². The van der Waals surface area contributed by atoms with Crippen LogP contribution in [0.5, 0.6) is 0 Å². The van der Waals surface area contributed by atoms with E-state index in [1.165, 1.54) is 12.0 Å². The number of rotatable bonds is 3. The van der Waals surface area contributed by atoms with Crippen molar-refractivity contribution in [2.45, 2.75) is 38.6 Å². The molecule has 1 aromatic carbocycles. The largest absolute Gasteiger partial charge is 0.325 e. The van der Waals surface area contributed by atoms with E-state index in [0.717, 1.165) is 31.5 Å². The number of carbonyl (C=O) groups is 1. The molecule has 2 rings (SSSR count). The molecule has 1 atom stereocenters. The van der Waals surface area contributed by atoms with Crippen molar-refractivity contribution in [3.63, 3.8) is 0 Å². The van der Waals surface area contributed by atoms with Crippen molar-refractivity contribution in [2.75, 3.05) is 11.9 Å². The number of carbonyl (C=O) groups excluding carboxylic acids is 1. The summed E-state index contributed by atoms with van der Waals surface area (Å²) >= 11 is 0. The first-order valence-electron chi connectivity index (χ1n) is 6.43. The van der Waals surface area contributed by atoms with E-state index in [0.29, 0.717) is 0 Å². The molecular formula is C14H21ClN2O. The third-order valence-corrected chi connectivity index (χ3v) is 3.23. The molecule has 1 amide bonds. The highest BCUT2D eigenvalue weighted by molar-refractivity contribution is 5.94. The van der Waals surface area contributed by atoms with E-state index in [-0.39, 0.29) is 24.4 Å². The molecule has 1 aliphatic heterocycles. The average molecular weight is 269 g/mol. The van der Waals surface area contributed by atoms with E-state index >= 15 is 0 Å². The van der Waals surface area contributed by atoms with Gasteiger partial charge in [0, 0.05) is 5.69 Å². The maximum atomic E-state index is 12.0. The second-order valence-corrected chi connectivity index (χ2v) is 4.55. The zero-order chi connectivity index (χ0) is 12.1. The van der Waals surface area contributed by atoms with Crippen LogP contribution < -0.4 is 10.6 Å². The van der Waals surface area contributed by atoms with Crippen molar-refractivity contribution >= 4 is 24.0 Å². The van der Waals surface area contributed by atoms with E-state index in [4.69, 9.17) is 0 Å². The third kappa shape index (κ3) is 4.00. The zero-order valence-electron chi connectivity index (χ0n) is 10.7. The van der Waals surface area contributed by atoms with Gasteiger partial charge in [0.15, 0.2) is 0 Å². The lowest BCUT2D eigenvalue weighted by Crippen LogP contribution is -2.43. The number of amides is 1. The molecule has 0 saturated carbocycles. The van der Waals surface area contributed by atoms with Crippen molar-refractivity contribution in [1.29, 1.82) is 0 Å². The zero-order valence-corrected chi connectivity index (χ0v) is 11.6. The molecule has 4 heteroatoms. The van der Waals surface area contributed by atoms with Crippen molar-refractivity contribution < 1.29 is 4.79 Å². The fraction of sp³-hybridized carbons (Fsp3) is 0.500. The van der Waals surface area contributed by atoms with Crippen molar-refractivity contribution in [1.82, 2.24) is 5.32 Å². The van der Waals surface area contributed by atoms with Crippen molar-refractivity contribution in [3.05, 3.63) is 29.8 Å². The first-order valence-corrected chi connectivity index (χ1v) is 6.43. The summed E-state index contributed by atoms with van der Waals surface area (Å²) in [5.41, 5.74) is 2.15. The van der Waals surface area contributed by atoms with Gasteiger partial charge in [-0.15, -0.1) is 12.4 Å². The minimum atomic E-state index is -0.0194. The van der Waals surface area contributed by atoms with Crippen LogP contribution in [-0.2, 0) is 11.2 Å². The fourth-order valence-corrected chi connectivity index (χ4v) is 2.17. The molecule has 0 radical (unpaired) electrons. The number of hydrogen-bond donors (Lipinski definition) is 2. The van der Waals surface area contributed by atoms with Crippen LogP contribution in [0.2, 0.25) is 0 Å². The first kappa shape index (κ1) is 15.0. The normalized spacial score (nSPS) is 18.8. The molecule has 0 aliphatic carbocycles. The Morgan fingerprint density at radius 1 is 1.44 bits per heavy atom. The SMILES string of the molecule is CCc1cccc(NC(=O)C2CCCCN2)c1.Cl. The van der Waals surface area contributed by atoms with Gasteiger partial charge in [0.05, 0.1) is 6.04 Å². The minimum absolute atomic E-state index is 0. The third-order valence-electron chi connectivity index (χ3n) is 3.23. The van der Waals surface area contributed by atoms with Crippen molar-refractivity contribution in [3.8, 4) is 0 Å². The number of hydrogen-bond acceptors (Lipinski definition) is 2. The number of nitrogens with one attached hydrogen (secondary N) is 2. The monoisotopic (exact) mass is 268 g/mol. The van der Waals surface area contributed by atoms with E-state index in [9.17, 15) is 4.79 Å². The molecule has 1 fully saturated rings. The number of halogens is 1. The Balaban J connectivity index is 0.00000162. The molecular weight excluding hydrogens is 248 g/mol. The summed E-state index contributed by atoms with van der Waals surface area (Å²) in [7, 11) is 0. The Bertz CT molecular complexity index is 389. The summed E-state index contributed by atoms with van der Waals surface area (Å²) in [6, 6.07) is 8.03. The minimum Gasteiger partial charge on any atom is -0.325 e. The summed E-state index contributed by atoms with van der Waals surface area (Å²) in [5, 5.41) is 6.24. The molecule has 1 aliphatic rings. The van der Waals surface area contributed by atoms with Crippen LogP contribution in [0.15, 0.2) is 24.3 Å². The Hall–Kier alpha value is -1.06. The molecule has 18 heavy (non-hydrogen) atoms. The molecule has 1 aromatic rings. The van der Waals surface area contributed by atoms with Gasteiger partial charge in [-0.25, -0.2) is 0 Å². The molecule has 0 bridgehead atoms. The van der Waals surface area contributed by atoms with Crippen LogP contribution in [0, 0.1) is 0 Å². The summed E-state index contributed by atoms with van der Waals surface area (Å²) in [5.74, 6) is 0.0953. The van der Waals surface area contributed by atoms with Gasteiger partial charge in [0.25, 0.3) is 0 Å². The van der Waals surface area contributed by atoms with Gasteiger partial charge >= 0.3 is 0 Å². The molecule has 3 nitrogen and oxygen atoms in total. The molecule has 2 N–H and O–H groups in total. The fourth-order valence-electron chi connectivity index (χ4n) is 2.17. The highest BCUT2D eigenvalue weighted by atomic mass is 35.5. The molecule has 0 aromatic heterocycles. The van der Waals surface area contributed by atoms with Crippen LogP contribution >= 0.6 is 12.4 Å². The summed E-state index contributed by atoms with van der Waals surface area (Å²) in [6.07, 6.45) is 4.25. The standard InChI is InChI=1S/C14H20N2O.ClH/c1-2-11-6-5-7-12(10-11)16-14(17)13-8-3-4-9-15-13;/h5-7,10,13,15H,2-4,8-9H2,1H3,(H,16,17);1H. The van der Waals surface area contributed by atoms with E-state index in [1.54, 1.807) is 0 Å². The molecule has 0 spiro atoms. The van der Waals surface area contributed by atoms with Gasteiger partial charge in [-0.2, -0.15) is 0 Å². The topological polar surface area (TPSA) is 41.1 Å². The maximum Gasteiger partial charge on any atom is 0.241 e. The van der Waals surface area contributed by atoms with Crippen molar-refractivity contribution in [2.24, 2.45) is 0 Å². The maximum absolute atomic E-state index is 12.0.